The van der Waals surface area contributed by atoms with E-state index in [1.165, 1.54) is 32.1 Å². The summed E-state index contributed by atoms with van der Waals surface area (Å²) in [7, 11) is 0. The first-order chi connectivity index (χ1) is 10.8. The number of nitrogens with zero attached hydrogens (tertiary/aromatic N) is 1. The van der Waals surface area contributed by atoms with Crippen LogP contribution in [0, 0.1) is 5.92 Å². The van der Waals surface area contributed by atoms with Crippen LogP contribution >= 0.6 is 0 Å². The molecule has 1 aliphatic rings. The molecule has 4 heteroatoms. The number of esters is 1. The molecular formula is C19H28N2O2. The Balaban J connectivity index is 1.95. The third kappa shape index (κ3) is 5.79. The van der Waals surface area contributed by atoms with Crippen molar-refractivity contribution in [3.8, 4) is 0 Å². The minimum absolute atomic E-state index is 0.426. The Bertz CT molecular complexity index is 537. The zero-order valence-electron chi connectivity index (χ0n) is 14.4. The van der Waals surface area contributed by atoms with Gasteiger partial charge in [-0.15, -0.1) is 0 Å². The van der Waals surface area contributed by atoms with Crippen molar-refractivity contribution in [2.75, 3.05) is 0 Å². The quantitative estimate of drug-likeness (QED) is 0.852. The predicted octanol–water partition coefficient (Wildman–Crippen LogP) is 4.02. The maximum Gasteiger partial charge on any atom is 0.328 e. The molecule has 1 fully saturated rings. The van der Waals surface area contributed by atoms with E-state index in [0.29, 0.717) is 11.5 Å². The Morgan fingerprint density at radius 2 is 2.00 bits per heavy atom. The van der Waals surface area contributed by atoms with Gasteiger partial charge in [-0.1, -0.05) is 31.4 Å². The van der Waals surface area contributed by atoms with Gasteiger partial charge in [-0.2, -0.15) is 0 Å². The van der Waals surface area contributed by atoms with Crippen LogP contribution in [0.25, 0.3) is 6.08 Å². The number of aromatic nitrogens is 1. The van der Waals surface area contributed by atoms with Gasteiger partial charge in [0.05, 0.1) is 5.69 Å². The largest absolute Gasteiger partial charge is 0.459 e. The first-order valence-electron chi connectivity index (χ1n) is 8.48. The van der Waals surface area contributed by atoms with E-state index in [0.717, 1.165) is 5.69 Å². The average Bonchev–Trinajstić information content (AvgIpc) is 2.52. The number of nitrogens with two attached hydrogens (primary N) is 1. The van der Waals surface area contributed by atoms with Gasteiger partial charge in [0.25, 0.3) is 0 Å². The molecule has 1 unspecified atom stereocenters. The number of rotatable bonds is 4. The fourth-order valence-corrected chi connectivity index (χ4v) is 2.76. The summed E-state index contributed by atoms with van der Waals surface area (Å²) < 4.78 is 5.31. The molecule has 0 bridgehead atoms. The zero-order valence-corrected chi connectivity index (χ0v) is 14.4. The highest BCUT2D eigenvalue weighted by molar-refractivity contribution is 5.77. The van der Waals surface area contributed by atoms with Crippen LogP contribution in [0.1, 0.15) is 70.2 Å². The lowest BCUT2D eigenvalue weighted by Crippen LogP contribution is -2.31. The molecule has 4 nitrogen and oxygen atoms in total. The van der Waals surface area contributed by atoms with Gasteiger partial charge in [-0.05, 0) is 57.2 Å². The van der Waals surface area contributed by atoms with Crippen molar-refractivity contribution >= 4 is 12.0 Å². The zero-order chi connectivity index (χ0) is 16.9. The van der Waals surface area contributed by atoms with Crippen molar-refractivity contribution in [2.24, 2.45) is 11.7 Å². The minimum Gasteiger partial charge on any atom is -0.459 e. The number of ether oxygens (including phenoxy) is 1. The van der Waals surface area contributed by atoms with Gasteiger partial charge in [-0.3, -0.25) is 4.98 Å². The van der Waals surface area contributed by atoms with Crippen molar-refractivity contribution in [1.29, 1.82) is 0 Å². The number of allylic oxidation sites excluding steroid dienone is 1. The number of hydrogen-bond donors (Lipinski definition) is 1. The van der Waals surface area contributed by atoms with Gasteiger partial charge in [-0.25, -0.2) is 4.79 Å². The van der Waals surface area contributed by atoms with Crippen molar-refractivity contribution < 1.29 is 9.53 Å². The Kier molecular flexibility index (Phi) is 5.94. The molecule has 1 saturated carbocycles. The third-order valence-electron chi connectivity index (χ3n) is 4.02. The second-order valence-electron chi connectivity index (χ2n) is 7.28. The van der Waals surface area contributed by atoms with Crippen LogP contribution in [0.4, 0.5) is 0 Å². The van der Waals surface area contributed by atoms with Crippen LogP contribution < -0.4 is 5.73 Å². The fraction of sp³-hybridized carbons (Fsp3) is 0.579. The topological polar surface area (TPSA) is 65.2 Å². The average molecular weight is 316 g/mol. The number of hydrogen-bond acceptors (Lipinski definition) is 4. The second kappa shape index (κ2) is 7.73. The summed E-state index contributed by atoms with van der Waals surface area (Å²) in [5, 5.41) is 0. The van der Waals surface area contributed by atoms with E-state index in [1.54, 1.807) is 6.20 Å². The molecule has 23 heavy (non-hydrogen) atoms. The van der Waals surface area contributed by atoms with E-state index >= 15 is 0 Å². The first kappa shape index (κ1) is 17.7. The molecular weight excluding hydrogens is 288 g/mol. The molecule has 0 radical (unpaired) electrons. The smallest absolute Gasteiger partial charge is 0.328 e. The SMILES string of the molecule is CC(C)(C)OC(=O)C(N)c1ccc(/C=C\C2CCCCC2)nc1. The molecule has 0 amide bonds. The van der Waals surface area contributed by atoms with E-state index in [4.69, 9.17) is 10.5 Å². The van der Waals surface area contributed by atoms with E-state index in [-0.39, 0.29) is 0 Å². The Labute approximate surface area is 139 Å². The van der Waals surface area contributed by atoms with Crippen molar-refractivity contribution in [3.05, 3.63) is 35.7 Å². The van der Waals surface area contributed by atoms with Gasteiger partial charge in [0, 0.05) is 6.20 Å². The standard InChI is InChI=1S/C19H28N2O2/c1-19(2,3)23-18(22)17(20)15-10-12-16(21-13-15)11-9-14-7-5-4-6-8-14/h9-14,17H,4-8,20H2,1-3H3/b11-9-. The fourth-order valence-electron chi connectivity index (χ4n) is 2.76. The van der Waals surface area contributed by atoms with Gasteiger partial charge in [0.1, 0.15) is 11.6 Å². The maximum absolute atomic E-state index is 12.0. The molecule has 0 spiro atoms. The van der Waals surface area contributed by atoms with Crippen molar-refractivity contribution in [3.63, 3.8) is 0 Å². The van der Waals surface area contributed by atoms with Crippen molar-refractivity contribution in [1.82, 2.24) is 4.98 Å². The molecule has 0 saturated heterocycles. The van der Waals surface area contributed by atoms with E-state index in [1.807, 2.05) is 32.9 Å². The van der Waals surface area contributed by atoms with Crippen LogP contribution in [-0.4, -0.2) is 16.6 Å². The van der Waals surface area contributed by atoms with Crippen LogP contribution in [0.3, 0.4) is 0 Å². The second-order valence-corrected chi connectivity index (χ2v) is 7.28. The summed E-state index contributed by atoms with van der Waals surface area (Å²) >= 11 is 0. The Morgan fingerprint density at radius 1 is 1.30 bits per heavy atom. The number of carbonyl (C=O) groups excluding carboxylic acids is 1. The summed E-state index contributed by atoms with van der Waals surface area (Å²) in [6.07, 6.45) is 12.6. The van der Waals surface area contributed by atoms with Crippen LogP contribution in [-0.2, 0) is 9.53 Å². The number of carbonyl (C=O) groups is 1. The highest BCUT2D eigenvalue weighted by Gasteiger charge is 2.23. The van der Waals surface area contributed by atoms with Crippen LogP contribution in [0.15, 0.2) is 24.4 Å². The van der Waals surface area contributed by atoms with Gasteiger partial charge < -0.3 is 10.5 Å². The first-order valence-corrected chi connectivity index (χ1v) is 8.48. The highest BCUT2D eigenvalue weighted by Crippen LogP contribution is 2.25. The summed E-state index contributed by atoms with van der Waals surface area (Å²) in [5.41, 5.74) is 6.99. The summed E-state index contributed by atoms with van der Waals surface area (Å²) in [6, 6.07) is 2.96. The maximum atomic E-state index is 12.0. The van der Waals surface area contributed by atoms with Gasteiger partial charge >= 0.3 is 5.97 Å². The normalized spacial score (nSPS) is 18.1. The molecule has 2 N–H and O–H groups in total. The molecule has 1 aromatic rings. The van der Waals surface area contributed by atoms with Gasteiger partial charge in [0.2, 0.25) is 0 Å². The van der Waals surface area contributed by atoms with Crippen LogP contribution in [0.5, 0.6) is 0 Å². The Hall–Kier alpha value is -1.68. The lowest BCUT2D eigenvalue weighted by Gasteiger charge is -2.22. The van der Waals surface area contributed by atoms with E-state index in [9.17, 15) is 4.79 Å². The summed E-state index contributed by atoms with van der Waals surface area (Å²) in [6.45, 7) is 5.49. The Morgan fingerprint density at radius 3 is 2.57 bits per heavy atom. The molecule has 0 aromatic carbocycles. The van der Waals surface area contributed by atoms with Crippen molar-refractivity contribution in [2.45, 2.75) is 64.5 Å². The molecule has 1 atom stereocenters. The molecule has 0 aliphatic heterocycles. The lowest BCUT2D eigenvalue weighted by atomic mass is 9.89. The predicted molar refractivity (Wildman–Crippen MR) is 92.6 cm³/mol. The lowest BCUT2D eigenvalue weighted by molar-refractivity contribution is -0.156. The minimum atomic E-state index is -0.793. The molecule has 1 heterocycles. The van der Waals surface area contributed by atoms with Gasteiger partial charge in [0.15, 0.2) is 0 Å². The van der Waals surface area contributed by atoms with Crippen LogP contribution in [0.2, 0.25) is 0 Å². The van der Waals surface area contributed by atoms with E-state index in [2.05, 4.69) is 17.1 Å². The molecule has 2 rings (SSSR count). The summed E-state index contributed by atoms with van der Waals surface area (Å²) in [4.78, 5) is 16.4. The molecule has 1 aliphatic carbocycles. The summed E-state index contributed by atoms with van der Waals surface area (Å²) in [5.74, 6) is 0.249. The third-order valence-corrected chi connectivity index (χ3v) is 4.02. The highest BCUT2D eigenvalue weighted by atomic mass is 16.6. The monoisotopic (exact) mass is 316 g/mol. The molecule has 1 aromatic heterocycles. The van der Waals surface area contributed by atoms with E-state index < -0.39 is 17.6 Å². The number of pyridine rings is 1. The molecule has 126 valence electrons.